The molecule has 19 heavy (non-hydrogen) atoms. The van der Waals surface area contributed by atoms with Crippen molar-refractivity contribution in [3.63, 3.8) is 0 Å². The summed E-state index contributed by atoms with van der Waals surface area (Å²) in [6.45, 7) is 2.24. The summed E-state index contributed by atoms with van der Waals surface area (Å²) in [4.78, 5) is 17.6. The van der Waals surface area contributed by atoms with Gasteiger partial charge < -0.3 is 20.6 Å². The zero-order valence-corrected chi connectivity index (χ0v) is 11.7. The summed E-state index contributed by atoms with van der Waals surface area (Å²) in [6, 6.07) is 3.26. The predicted molar refractivity (Wildman–Crippen MR) is 76.5 cm³/mol. The van der Waals surface area contributed by atoms with Gasteiger partial charge in [-0.05, 0) is 18.6 Å². The van der Waals surface area contributed by atoms with Crippen molar-refractivity contribution in [2.24, 2.45) is 0 Å². The van der Waals surface area contributed by atoms with Crippen molar-refractivity contribution >= 4 is 17.5 Å². The van der Waals surface area contributed by atoms with E-state index >= 15 is 0 Å². The van der Waals surface area contributed by atoms with Crippen LogP contribution in [0.25, 0.3) is 0 Å². The molecule has 2 amide bonds. The molecule has 0 saturated carbocycles. The molecule has 0 saturated heterocycles. The van der Waals surface area contributed by atoms with Crippen LogP contribution in [0.2, 0.25) is 0 Å². The number of nitrogens with one attached hydrogen (secondary N) is 2. The Balaban J connectivity index is 2.40. The highest BCUT2D eigenvalue weighted by molar-refractivity contribution is 5.89. The highest BCUT2D eigenvalue weighted by Gasteiger charge is 2.06. The molecule has 1 rings (SSSR count). The number of hydrogen-bond donors (Lipinski definition) is 3. The van der Waals surface area contributed by atoms with Gasteiger partial charge in [0.1, 0.15) is 5.82 Å². The van der Waals surface area contributed by atoms with Gasteiger partial charge in [-0.2, -0.15) is 0 Å². The number of hydrogen-bond acceptors (Lipinski definition) is 4. The third-order valence-corrected chi connectivity index (χ3v) is 2.58. The first-order valence-electron chi connectivity index (χ1n) is 6.39. The second-order valence-electron chi connectivity index (χ2n) is 4.58. The van der Waals surface area contributed by atoms with Crippen LogP contribution in [0, 0.1) is 0 Å². The summed E-state index contributed by atoms with van der Waals surface area (Å²) >= 11 is 0. The molecule has 0 aliphatic carbocycles. The van der Waals surface area contributed by atoms with Crippen molar-refractivity contribution in [1.29, 1.82) is 0 Å². The second-order valence-corrected chi connectivity index (χ2v) is 4.58. The molecular formula is C13H22N4O2. The topological polar surface area (TPSA) is 77.5 Å². The van der Waals surface area contributed by atoms with E-state index in [9.17, 15) is 9.90 Å². The maximum absolute atomic E-state index is 11.6. The molecule has 1 heterocycles. The number of pyridine rings is 1. The number of carbonyl (C=O) groups excluding carboxylic acids is 1. The molecule has 0 bridgehead atoms. The van der Waals surface area contributed by atoms with Crippen LogP contribution in [0.3, 0.4) is 0 Å². The Morgan fingerprint density at radius 1 is 1.47 bits per heavy atom. The van der Waals surface area contributed by atoms with Gasteiger partial charge in [0.05, 0.1) is 18.0 Å². The third-order valence-electron chi connectivity index (χ3n) is 2.58. The van der Waals surface area contributed by atoms with Gasteiger partial charge in [-0.15, -0.1) is 0 Å². The lowest BCUT2D eigenvalue weighted by molar-refractivity contribution is 0.162. The molecule has 0 aromatic carbocycles. The molecule has 3 N–H and O–H groups in total. The minimum Gasteiger partial charge on any atom is -0.391 e. The zero-order chi connectivity index (χ0) is 14.3. The number of aliphatic hydroxyl groups excluding tert-OH is 1. The number of amides is 2. The molecule has 0 radical (unpaired) electrons. The molecule has 1 unspecified atom stereocenters. The monoisotopic (exact) mass is 266 g/mol. The average Bonchev–Trinajstić information content (AvgIpc) is 2.37. The van der Waals surface area contributed by atoms with Gasteiger partial charge in [0.25, 0.3) is 0 Å². The predicted octanol–water partition coefficient (Wildman–Crippen LogP) is 1.43. The quantitative estimate of drug-likeness (QED) is 0.728. The normalized spacial score (nSPS) is 11.8. The highest BCUT2D eigenvalue weighted by Crippen LogP contribution is 2.11. The largest absolute Gasteiger partial charge is 0.391 e. The van der Waals surface area contributed by atoms with Crippen molar-refractivity contribution in [2.75, 3.05) is 30.9 Å². The van der Waals surface area contributed by atoms with E-state index in [4.69, 9.17) is 0 Å². The van der Waals surface area contributed by atoms with Crippen LogP contribution in [0.4, 0.5) is 16.3 Å². The van der Waals surface area contributed by atoms with Crippen LogP contribution < -0.4 is 15.5 Å². The van der Waals surface area contributed by atoms with Crippen LogP contribution in [-0.4, -0.2) is 42.9 Å². The van der Waals surface area contributed by atoms with Gasteiger partial charge in [-0.3, -0.25) is 0 Å². The van der Waals surface area contributed by atoms with E-state index in [1.807, 2.05) is 32.0 Å². The standard InChI is InChI=1S/C13H22N4O2/c1-4-5-11(18)9-15-13(19)16-10-6-7-12(14-8-10)17(2)3/h6-8,11,18H,4-5,9H2,1-3H3,(H2,15,16,19). The summed E-state index contributed by atoms with van der Waals surface area (Å²) in [5.74, 6) is 0.823. The number of aliphatic hydroxyl groups is 1. The molecule has 1 aromatic rings. The van der Waals surface area contributed by atoms with E-state index in [1.165, 1.54) is 0 Å². The Morgan fingerprint density at radius 3 is 2.74 bits per heavy atom. The molecule has 0 fully saturated rings. The van der Waals surface area contributed by atoms with Crippen molar-refractivity contribution in [3.05, 3.63) is 18.3 Å². The summed E-state index contributed by atoms with van der Waals surface area (Å²) in [5, 5.41) is 14.8. The van der Waals surface area contributed by atoms with Gasteiger partial charge in [0.2, 0.25) is 0 Å². The summed E-state index contributed by atoms with van der Waals surface area (Å²) in [6.07, 6.45) is 2.67. The lowest BCUT2D eigenvalue weighted by atomic mass is 10.2. The summed E-state index contributed by atoms with van der Waals surface area (Å²) < 4.78 is 0. The van der Waals surface area contributed by atoms with Gasteiger partial charge in [-0.25, -0.2) is 9.78 Å². The molecule has 6 nitrogen and oxygen atoms in total. The van der Waals surface area contributed by atoms with Crippen LogP contribution in [-0.2, 0) is 0 Å². The molecule has 6 heteroatoms. The molecule has 106 valence electrons. The number of rotatable bonds is 6. The Morgan fingerprint density at radius 2 is 2.21 bits per heavy atom. The van der Waals surface area contributed by atoms with Crippen molar-refractivity contribution in [1.82, 2.24) is 10.3 Å². The van der Waals surface area contributed by atoms with Crippen LogP contribution >= 0.6 is 0 Å². The van der Waals surface area contributed by atoms with Crippen molar-refractivity contribution in [2.45, 2.75) is 25.9 Å². The third kappa shape index (κ3) is 5.56. The molecule has 0 aliphatic rings. The SMILES string of the molecule is CCCC(O)CNC(=O)Nc1ccc(N(C)C)nc1. The Bertz CT molecular complexity index is 392. The van der Waals surface area contributed by atoms with E-state index in [1.54, 1.807) is 12.3 Å². The second kappa shape index (κ2) is 7.58. The number of anilines is 2. The minimum absolute atomic E-state index is 0.253. The van der Waals surface area contributed by atoms with Gasteiger partial charge in [-0.1, -0.05) is 13.3 Å². The molecular weight excluding hydrogens is 244 g/mol. The number of urea groups is 1. The van der Waals surface area contributed by atoms with E-state index in [-0.39, 0.29) is 12.6 Å². The van der Waals surface area contributed by atoms with Gasteiger partial charge >= 0.3 is 6.03 Å². The van der Waals surface area contributed by atoms with Gasteiger partial charge in [0, 0.05) is 20.6 Å². The average molecular weight is 266 g/mol. The smallest absolute Gasteiger partial charge is 0.319 e. The molecule has 1 aromatic heterocycles. The molecule has 0 aliphatic heterocycles. The zero-order valence-electron chi connectivity index (χ0n) is 11.7. The summed E-state index contributed by atoms with van der Waals surface area (Å²) in [7, 11) is 3.80. The first-order valence-corrected chi connectivity index (χ1v) is 6.39. The first-order chi connectivity index (χ1) is 9.02. The van der Waals surface area contributed by atoms with E-state index < -0.39 is 6.10 Å². The van der Waals surface area contributed by atoms with E-state index in [0.29, 0.717) is 12.1 Å². The molecule has 0 spiro atoms. The van der Waals surface area contributed by atoms with E-state index in [2.05, 4.69) is 15.6 Å². The number of carbonyl (C=O) groups is 1. The Hall–Kier alpha value is -1.82. The first kappa shape index (κ1) is 15.2. The minimum atomic E-state index is -0.495. The fourth-order valence-electron chi connectivity index (χ4n) is 1.55. The number of aromatic nitrogens is 1. The van der Waals surface area contributed by atoms with Crippen LogP contribution in [0.5, 0.6) is 0 Å². The molecule has 1 atom stereocenters. The lowest BCUT2D eigenvalue weighted by Gasteiger charge is -2.13. The maximum atomic E-state index is 11.6. The maximum Gasteiger partial charge on any atom is 0.319 e. The number of nitrogens with zero attached hydrogens (tertiary/aromatic N) is 2. The lowest BCUT2D eigenvalue weighted by Crippen LogP contribution is -2.35. The Kier molecular flexibility index (Phi) is 6.08. The van der Waals surface area contributed by atoms with Crippen LogP contribution in [0.1, 0.15) is 19.8 Å². The van der Waals surface area contributed by atoms with Crippen LogP contribution in [0.15, 0.2) is 18.3 Å². The van der Waals surface area contributed by atoms with Crippen molar-refractivity contribution in [3.8, 4) is 0 Å². The summed E-state index contributed by atoms with van der Waals surface area (Å²) in [5.41, 5.74) is 0.619. The highest BCUT2D eigenvalue weighted by atomic mass is 16.3. The fourth-order valence-corrected chi connectivity index (χ4v) is 1.55. The van der Waals surface area contributed by atoms with E-state index in [0.717, 1.165) is 12.2 Å². The van der Waals surface area contributed by atoms with Gasteiger partial charge in [0.15, 0.2) is 0 Å². The Labute approximate surface area is 113 Å². The van der Waals surface area contributed by atoms with Crippen molar-refractivity contribution < 1.29 is 9.90 Å². The fraction of sp³-hybridized carbons (Fsp3) is 0.538.